The van der Waals surface area contributed by atoms with Crippen LogP contribution in [0.5, 0.6) is 0 Å². The highest BCUT2D eigenvalue weighted by atomic mass is 32.1. The molecule has 0 saturated heterocycles. The minimum Gasteiger partial charge on any atom is -0.350 e. The zero-order valence-electron chi connectivity index (χ0n) is 15.3. The first-order valence-corrected chi connectivity index (χ1v) is 9.86. The molecule has 142 valence electrons. The van der Waals surface area contributed by atoms with Crippen LogP contribution < -0.4 is 5.32 Å². The average molecular weight is 393 g/mol. The summed E-state index contributed by atoms with van der Waals surface area (Å²) < 4.78 is 7.17. The number of amides is 1. The number of aromatic nitrogens is 4. The van der Waals surface area contributed by atoms with Gasteiger partial charge in [-0.15, -0.1) is 0 Å². The Bertz CT molecular complexity index is 1020. The van der Waals surface area contributed by atoms with Crippen molar-refractivity contribution in [3.8, 4) is 17.1 Å². The molecule has 0 unspecified atom stereocenters. The third-order valence-electron chi connectivity index (χ3n) is 4.39. The van der Waals surface area contributed by atoms with Crippen LogP contribution in [0.2, 0.25) is 0 Å². The topological polar surface area (TPSA) is 85.8 Å². The monoisotopic (exact) mass is 393 g/mol. The first-order valence-electron chi connectivity index (χ1n) is 8.92. The molecular formula is C20H19N5O2S. The van der Waals surface area contributed by atoms with E-state index in [-0.39, 0.29) is 11.9 Å². The fourth-order valence-corrected chi connectivity index (χ4v) is 3.46. The molecule has 0 aliphatic carbocycles. The van der Waals surface area contributed by atoms with Crippen LogP contribution in [0.15, 0.2) is 64.3 Å². The summed E-state index contributed by atoms with van der Waals surface area (Å²) in [5.74, 6) is 0.971. The van der Waals surface area contributed by atoms with Gasteiger partial charge in [0.05, 0.1) is 12.4 Å². The number of carbonyl (C=O) groups is 1. The summed E-state index contributed by atoms with van der Waals surface area (Å²) in [6.45, 7) is 1.96. The van der Waals surface area contributed by atoms with E-state index in [4.69, 9.17) is 4.52 Å². The van der Waals surface area contributed by atoms with Crippen molar-refractivity contribution in [3.05, 3.63) is 71.3 Å². The van der Waals surface area contributed by atoms with Crippen LogP contribution in [0.1, 0.15) is 30.8 Å². The van der Waals surface area contributed by atoms with Crippen LogP contribution in [-0.4, -0.2) is 25.6 Å². The molecule has 4 aromatic rings. The molecule has 4 rings (SSSR count). The minimum atomic E-state index is -0.0895. The summed E-state index contributed by atoms with van der Waals surface area (Å²) in [6.07, 6.45) is 6.09. The SMILES string of the molecule is C[C@@H](NC(=O)CCc1nc(-c2ccsc2)no1)c1ccc(-n2ccnc2)cc1. The highest BCUT2D eigenvalue weighted by molar-refractivity contribution is 7.08. The summed E-state index contributed by atoms with van der Waals surface area (Å²) in [5.41, 5.74) is 2.99. The van der Waals surface area contributed by atoms with E-state index in [0.29, 0.717) is 24.6 Å². The van der Waals surface area contributed by atoms with Gasteiger partial charge in [-0.25, -0.2) is 4.98 Å². The minimum absolute atomic E-state index is 0.0542. The fraction of sp³-hybridized carbons (Fsp3) is 0.200. The van der Waals surface area contributed by atoms with Gasteiger partial charge in [0, 0.05) is 41.9 Å². The van der Waals surface area contributed by atoms with E-state index in [9.17, 15) is 4.79 Å². The Morgan fingerprint density at radius 3 is 2.86 bits per heavy atom. The molecular weight excluding hydrogens is 374 g/mol. The molecule has 1 amide bonds. The van der Waals surface area contributed by atoms with Gasteiger partial charge in [0.1, 0.15) is 0 Å². The Labute approximate surface area is 166 Å². The molecule has 1 aromatic carbocycles. The van der Waals surface area contributed by atoms with Crippen LogP contribution in [0.3, 0.4) is 0 Å². The molecule has 0 saturated carbocycles. The average Bonchev–Trinajstić information content (AvgIpc) is 3.49. The number of imidazole rings is 1. The highest BCUT2D eigenvalue weighted by Gasteiger charge is 2.13. The lowest BCUT2D eigenvalue weighted by Gasteiger charge is -2.14. The first kappa shape index (κ1) is 18.1. The zero-order chi connectivity index (χ0) is 19.3. The highest BCUT2D eigenvalue weighted by Crippen LogP contribution is 2.19. The predicted octanol–water partition coefficient (Wildman–Crippen LogP) is 3.79. The van der Waals surface area contributed by atoms with Gasteiger partial charge in [-0.3, -0.25) is 4.79 Å². The lowest BCUT2D eigenvalue weighted by molar-refractivity contribution is -0.121. The molecule has 28 heavy (non-hydrogen) atoms. The second-order valence-corrected chi connectivity index (χ2v) is 7.15. The molecule has 0 fully saturated rings. The quantitative estimate of drug-likeness (QED) is 0.516. The van der Waals surface area contributed by atoms with E-state index in [1.807, 2.05) is 58.8 Å². The molecule has 1 N–H and O–H groups in total. The van der Waals surface area contributed by atoms with Crippen LogP contribution in [-0.2, 0) is 11.2 Å². The Morgan fingerprint density at radius 2 is 2.14 bits per heavy atom. The molecule has 7 nitrogen and oxygen atoms in total. The van der Waals surface area contributed by atoms with Crippen LogP contribution in [0.4, 0.5) is 0 Å². The molecule has 0 spiro atoms. The predicted molar refractivity (Wildman–Crippen MR) is 106 cm³/mol. The maximum atomic E-state index is 12.3. The van der Waals surface area contributed by atoms with Gasteiger partial charge in [-0.05, 0) is 36.1 Å². The van der Waals surface area contributed by atoms with Crippen molar-refractivity contribution >= 4 is 17.2 Å². The molecule has 3 heterocycles. The van der Waals surface area contributed by atoms with Crippen molar-refractivity contribution in [2.75, 3.05) is 0 Å². The van der Waals surface area contributed by atoms with Crippen molar-refractivity contribution < 1.29 is 9.32 Å². The molecule has 0 aliphatic heterocycles. The lowest BCUT2D eigenvalue weighted by atomic mass is 10.1. The number of hydrogen-bond donors (Lipinski definition) is 1. The summed E-state index contributed by atoms with van der Waals surface area (Å²) in [7, 11) is 0. The van der Waals surface area contributed by atoms with Gasteiger partial charge in [-0.1, -0.05) is 17.3 Å². The molecule has 8 heteroatoms. The number of rotatable bonds is 7. The van der Waals surface area contributed by atoms with Crippen molar-refractivity contribution in [2.45, 2.75) is 25.8 Å². The van der Waals surface area contributed by atoms with Gasteiger partial charge in [-0.2, -0.15) is 16.3 Å². The zero-order valence-corrected chi connectivity index (χ0v) is 16.1. The molecule has 0 bridgehead atoms. The van der Waals surface area contributed by atoms with E-state index in [1.165, 1.54) is 0 Å². The molecule has 3 aromatic heterocycles. The van der Waals surface area contributed by atoms with Crippen molar-refractivity contribution in [2.24, 2.45) is 0 Å². The lowest BCUT2D eigenvalue weighted by Crippen LogP contribution is -2.26. The van der Waals surface area contributed by atoms with Crippen molar-refractivity contribution in [3.63, 3.8) is 0 Å². The Morgan fingerprint density at radius 1 is 1.29 bits per heavy atom. The smallest absolute Gasteiger partial charge is 0.227 e. The summed E-state index contributed by atoms with van der Waals surface area (Å²) >= 11 is 1.58. The maximum absolute atomic E-state index is 12.3. The van der Waals surface area contributed by atoms with E-state index in [0.717, 1.165) is 16.8 Å². The van der Waals surface area contributed by atoms with Gasteiger partial charge in [0.15, 0.2) is 0 Å². The summed E-state index contributed by atoms with van der Waals surface area (Å²) in [4.78, 5) is 20.7. The van der Waals surface area contributed by atoms with Crippen LogP contribution in [0.25, 0.3) is 17.1 Å². The summed E-state index contributed by atoms with van der Waals surface area (Å²) in [6, 6.07) is 9.87. The Hall–Kier alpha value is -3.26. The van der Waals surface area contributed by atoms with Gasteiger partial charge in [0.25, 0.3) is 0 Å². The number of nitrogens with zero attached hydrogens (tertiary/aromatic N) is 4. The molecule has 0 radical (unpaired) electrons. The molecule has 0 aliphatic rings. The molecule has 1 atom stereocenters. The number of nitrogens with one attached hydrogen (secondary N) is 1. The number of aryl methyl sites for hydroxylation is 1. The van der Waals surface area contributed by atoms with Gasteiger partial charge >= 0.3 is 0 Å². The second kappa shape index (κ2) is 8.18. The number of thiophene rings is 1. The van der Waals surface area contributed by atoms with E-state index in [1.54, 1.807) is 23.9 Å². The standard InChI is InChI=1S/C20H19N5O2S/c1-14(15-2-4-17(5-3-15)25-10-9-21-13-25)22-18(26)6-7-19-23-20(24-27-19)16-8-11-28-12-16/h2-5,8-14H,6-7H2,1H3,(H,22,26)/t14-/m1/s1. The third-order valence-corrected chi connectivity index (χ3v) is 5.07. The third kappa shape index (κ3) is 4.17. The second-order valence-electron chi connectivity index (χ2n) is 6.37. The Balaban J connectivity index is 1.30. The number of benzene rings is 1. The summed E-state index contributed by atoms with van der Waals surface area (Å²) in [5, 5.41) is 10.9. The fourth-order valence-electron chi connectivity index (χ4n) is 2.83. The normalized spacial score (nSPS) is 12.0. The van der Waals surface area contributed by atoms with Gasteiger partial charge < -0.3 is 14.4 Å². The van der Waals surface area contributed by atoms with Gasteiger partial charge in [0.2, 0.25) is 17.6 Å². The van der Waals surface area contributed by atoms with E-state index < -0.39 is 0 Å². The van der Waals surface area contributed by atoms with Crippen molar-refractivity contribution in [1.82, 2.24) is 25.0 Å². The van der Waals surface area contributed by atoms with Crippen molar-refractivity contribution in [1.29, 1.82) is 0 Å². The maximum Gasteiger partial charge on any atom is 0.227 e. The van der Waals surface area contributed by atoms with E-state index in [2.05, 4.69) is 20.4 Å². The number of hydrogen-bond acceptors (Lipinski definition) is 6. The number of carbonyl (C=O) groups excluding carboxylic acids is 1. The van der Waals surface area contributed by atoms with Crippen LogP contribution >= 0.6 is 11.3 Å². The largest absolute Gasteiger partial charge is 0.350 e. The van der Waals surface area contributed by atoms with E-state index >= 15 is 0 Å². The first-order chi connectivity index (χ1) is 13.7. The Kier molecular flexibility index (Phi) is 5.29. The van der Waals surface area contributed by atoms with Crippen LogP contribution in [0, 0.1) is 0 Å².